The molecule has 1 unspecified atom stereocenters. The zero-order valence-corrected chi connectivity index (χ0v) is 9.01. The molecule has 1 aromatic heterocycles. The van der Waals surface area contributed by atoms with Crippen molar-refractivity contribution >= 4 is 29.2 Å². The van der Waals surface area contributed by atoms with Gasteiger partial charge in [-0.1, -0.05) is 30.1 Å². The molecule has 0 aliphatic heterocycles. The van der Waals surface area contributed by atoms with Gasteiger partial charge in [-0.3, -0.25) is 4.79 Å². The molecule has 0 aliphatic carbocycles. The lowest BCUT2D eigenvalue weighted by molar-refractivity contribution is -0.141. The minimum absolute atomic E-state index is 0.307. The molecule has 3 nitrogen and oxygen atoms in total. The van der Waals surface area contributed by atoms with Crippen LogP contribution in [0.25, 0.3) is 0 Å². The van der Waals surface area contributed by atoms with Gasteiger partial charge in [0.05, 0.1) is 5.92 Å². The third-order valence-electron chi connectivity index (χ3n) is 1.84. The van der Waals surface area contributed by atoms with Crippen molar-refractivity contribution in [2.24, 2.45) is 5.92 Å². The maximum absolute atomic E-state index is 10.6. The number of pyridine rings is 1. The van der Waals surface area contributed by atoms with Crippen LogP contribution < -0.4 is 0 Å². The number of aliphatic carboxylic acids is 1. The van der Waals surface area contributed by atoms with Crippen LogP contribution >= 0.6 is 23.2 Å². The summed E-state index contributed by atoms with van der Waals surface area (Å²) >= 11 is 11.5. The van der Waals surface area contributed by atoms with E-state index < -0.39 is 11.9 Å². The molecule has 5 heteroatoms. The van der Waals surface area contributed by atoms with E-state index in [2.05, 4.69) is 4.98 Å². The molecule has 1 rings (SSSR count). The molecular formula is C9H9Cl2NO2. The molecule has 0 bridgehead atoms. The SMILES string of the molecule is CC(Cc1cnc(Cl)cc1Cl)C(=O)O. The van der Waals surface area contributed by atoms with E-state index in [1.807, 2.05) is 0 Å². The predicted molar refractivity (Wildman–Crippen MR) is 54.8 cm³/mol. The number of halogens is 2. The van der Waals surface area contributed by atoms with Gasteiger partial charge in [0.25, 0.3) is 0 Å². The van der Waals surface area contributed by atoms with Crippen molar-refractivity contribution in [1.29, 1.82) is 0 Å². The Balaban J connectivity index is 2.82. The van der Waals surface area contributed by atoms with Gasteiger partial charge in [0.15, 0.2) is 0 Å². The van der Waals surface area contributed by atoms with Crippen LogP contribution in [-0.2, 0) is 11.2 Å². The normalized spacial score (nSPS) is 12.5. The van der Waals surface area contributed by atoms with E-state index in [-0.39, 0.29) is 0 Å². The molecule has 0 spiro atoms. The van der Waals surface area contributed by atoms with Crippen LogP contribution in [-0.4, -0.2) is 16.1 Å². The molecule has 0 saturated heterocycles. The van der Waals surface area contributed by atoms with E-state index >= 15 is 0 Å². The maximum atomic E-state index is 10.6. The zero-order valence-electron chi connectivity index (χ0n) is 7.50. The van der Waals surface area contributed by atoms with Crippen molar-refractivity contribution in [3.8, 4) is 0 Å². The van der Waals surface area contributed by atoms with Gasteiger partial charge < -0.3 is 5.11 Å². The third-order valence-corrected chi connectivity index (χ3v) is 2.40. The fourth-order valence-electron chi connectivity index (χ4n) is 1.00. The number of rotatable bonds is 3. The molecule has 1 N–H and O–H groups in total. The van der Waals surface area contributed by atoms with Crippen molar-refractivity contribution < 1.29 is 9.90 Å². The van der Waals surface area contributed by atoms with Gasteiger partial charge in [-0.15, -0.1) is 0 Å². The van der Waals surface area contributed by atoms with E-state index in [9.17, 15) is 4.79 Å². The van der Waals surface area contributed by atoms with Gasteiger partial charge in [0, 0.05) is 11.2 Å². The molecule has 0 radical (unpaired) electrons. The second-order valence-corrected chi connectivity index (χ2v) is 3.84. The highest BCUT2D eigenvalue weighted by Gasteiger charge is 2.13. The van der Waals surface area contributed by atoms with Crippen molar-refractivity contribution in [3.63, 3.8) is 0 Å². The molecular weight excluding hydrogens is 225 g/mol. The van der Waals surface area contributed by atoms with Gasteiger partial charge in [-0.25, -0.2) is 4.98 Å². The van der Waals surface area contributed by atoms with E-state index in [1.165, 1.54) is 12.3 Å². The molecule has 14 heavy (non-hydrogen) atoms. The Labute approximate surface area is 91.7 Å². The summed E-state index contributed by atoms with van der Waals surface area (Å²) in [6.07, 6.45) is 1.86. The largest absolute Gasteiger partial charge is 0.481 e. The third kappa shape index (κ3) is 2.86. The number of carbonyl (C=O) groups is 1. The molecule has 1 heterocycles. The number of hydrogen-bond donors (Lipinski definition) is 1. The van der Waals surface area contributed by atoms with Crippen LogP contribution in [0.4, 0.5) is 0 Å². The first kappa shape index (κ1) is 11.3. The quantitative estimate of drug-likeness (QED) is 0.818. The molecule has 1 aromatic rings. The number of carboxylic acids is 1. The summed E-state index contributed by atoms with van der Waals surface area (Å²) < 4.78 is 0. The summed E-state index contributed by atoms with van der Waals surface area (Å²) in [5.74, 6) is -1.33. The lowest BCUT2D eigenvalue weighted by Gasteiger charge is -2.07. The van der Waals surface area contributed by atoms with Gasteiger partial charge >= 0.3 is 5.97 Å². The van der Waals surface area contributed by atoms with Gasteiger partial charge in [0.2, 0.25) is 0 Å². The Hall–Kier alpha value is -0.800. The summed E-state index contributed by atoms with van der Waals surface area (Å²) in [6.45, 7) is 1.62. The van der Waals surface area contributed by atoms with E-state index in [1.54, 1.807) is 6.92 Å². The fourth-order valence-corrected chi connectivity index (χ4v) is 1.45. The first-order chi connectivity index (χ1) is 6.50. The van der Waals surface area contributed by atoms with E-state index in [0.29, 0.717) is 22.2 Å². The number of aromatic nitrogens is 1. The summed E-state index contributed by atoms with van der Waals surface area (Å²) in [6, 6.07) is 1.51. The molecule has 0 fully saturated rings. The highest BCUT2D eigenvalue weighted by molar-refractivity contribution is 6.34. The Bertz CT molecular complexity index is 355. The van der Waals surface area contributed by atoms with E-state index in [4.69, 9.17) is 28.3 Å². The number of carboxylic acid groups (broad SMARTS) is 1. The van der Waals surface area contributed by atoms with Crippen LogP contribution in [0.5, 0.6) is 0 Å². The van der Waals surface area contributed by atoms with Crippen molar-refractivity contribution in [2.45, 2.75) is 13.3 Å². The first-order valence-electron chi connectivity index (χ1n) is 4.03. The van der Waals surface area contributed by atoms with Crippen molar-refractivity contribution in [3.05, 3.63) is 28.0 Å². The summed E-state index contributed by atoms with van der Waals surface area (Å²) in [5, 5.41) is 9.46. The Morgan fingerprint density at radius 2 is 2.29 bits per heavy atom. The molecule has 76 valence electrons. The summed E-state index contributed by atoms with van der Waals surface area (Å²) in [5.41, 5.74) is 0.700. The van der Waals surface area contributed by atoms with Gasteiger partial charge in [-0.05, 0) is 18.1 Å². The molecule has 0 amide bonds. The van der Waals surface area contributed by atoms with Crippen LogP contribution in [0.15, 0.2) is 12.3 Å². The Morgan fingerprint density at radius 1 is 1.64 bits per heavy atom. The Kier molecular flexibility index (Phi) is 3.72. The Morgan fingerprint density at radius 3 is 2.79 bits per heavy atom. The van der Waals surface area contributed by atoms with Crippen LogP contribution in [0, 0.1) is 5.92 Å². The lowest BCUT2D eigenvalue weighted by Crippen LogP contribution is -2.12. The standard InChI is InChI=1S/C9H9Cl2NO2/c1-5(9(13)14)2-6-4-12-8(11)3-7(6)10/h3-5H,2H2,1H3,(H,13,14). The van der Waals surface area contributed by atoms with Crippen molar-refractivity contribution in [1.82, 2.24) is 4.98 Å². The van der Waals surface area contributed by atoms with Gasteiger partial charge in [-0.2, -0.15) is 0 Å². The highest BCUT2D eigenvalue weighted by atomic mass is 35.5. The first-order valence-corrected chi connectivity index (χ1v) is 4.79. The average Bonchev–Trinajstić information content (AvgIpc) is 2.09. The van der Waals surface area contributed by atoms with E-state index in [0.717, 1.165) is 0 Å². The van der Waals surface area contributed by atoms with Crippen LogP contribution in [0.3, 0.4) is 0 Å². The van der Waals surface area contributed by atoms with Crippen LogP contribution in [0.1, 0.15) is 12.5 Å². The monoisotopic (exact) mass is 233 g/mol. The zero-order chi connectivity index (χ0) is 10.7. The maximum Gasteiger partial charge on any atom is 0.306 e. The minimum Gasteiger partial charge on any atom is -0.481 e. The summed E-state index contributed by atoms with van der Waals surface area (Å²) in [4.78, 5) is 14.4. The second-order valence-electron chi connectivity index (χ2n) is 3.04. The topological polar surface area (TPSA) is 50.2 Å². The highest BCUT2D eigenvalue weighted by Crippen LogP contribution is 2.21. The smallest absolute Gasteiger partial charge is 0.306 e. The fraction of sp³-hybridized carbons (Fsp3) is 0.333. The second kappa shape index (κ2) is 4.62. The summed E-state index contributed by atoms with van der Waals surface area (Å²) in [7, 11) is 0. The molecule has 0 aromatic carbocycles. The van der Waals surface area contributed by atoms with Crippen molar-refractivity contribution in [2.75, 3.05) is 0 Å². The number of nitrogens with zero attached hydrogens (tertiary/aromatic N) is 1. The average molecular weight is 234 g/mol. The van der Waals surface area contributed by atoms with Gasteiger partial charge in [0.1, 0.15) is 5.15 Å². The number of hydrogen-bond acceptors (Lipinski definition) is 2. The molecule has 0 aliphatic rings. The minimum atomic E-state index is -0.851. The predicted octanol–water partition coefficient (Wildman–Crippen LogP) is 2.65. The molecule has 1 atom stereocenters. The van der Waals surface area contributed by atoms with Crippen LogP contribution in [0.2, 0.25) is 10.2 Å². The lowest BCUT2D eigenvalue weighted by atomic mass is 10.0. The molecule has 0 saturated carbocycles.